The Morgan fingerprint density at radius 1 is 0.773 bits per heavy atom. The third kappa shape index (κ3) is 6.77. The fraction of sp³-hybridized carbons (Fsp3) is 0.212. The summed E-state index contributed by atoms with van der Waals surface area (Å²) in [5.41, 5.74) is -2.09. The molecule has 0 radical (unpaired) electrons. The fourth-order valence-corrected chi connectivity index (χ4v) is 4.95. The minimum Gasteiger partial charge on any atom is -0.429 e. The van der Waals surface area contributed by atoms with Crippen LogP contribution >= 0.6 is 11.6 Å². The van der Waals surface area contributed by atoms with Crippen LogP contribution in [-0.2, 0) is 15.6 Å². The van der Waals surface area contributed by atoms with Gasteiger partial charge < -0.3 is 14.2 Å². The van der Waals surface area contributed by atoms with Crippen molar-refractivity contribution in [3.8, 4) is 28.0 Å². The van der Waals surface area contributed by atoms with Gasteiger partial charge in [-0.1, -0.05) is 35.9 Å². The molecule has 4 aromatic rings. The van der Waals surface area contributed by atoms with Crippen LogP contribution < -0.4 is 4.74 Å². The summed E-state index contributed by atoms with van der Waals surface area (Å²) in [5, 5.41) is -0.194. The first-order chi connectivity index (χ1) is 21.0. The highest BCUT2D eigenvalue weighted by Crippen LogP contribution is 2.39. The van der Waals surface area contributed by atoms with Crippen molar-refractivity contribution in [2.24, 2.45) is 5.92 Å². The molecule has 0 saturated carbocycles. The quantitative estimate of drug-likeness (QED) is 0.135. The molecule has 0 bridgehead atoms. The number of hydrogen-bond donors (Lipinski definition) is 0. The molecule has 0 spiro atoms. The van der Waals surface area contributed by atoms with Crippen molar-refractivity contribution < 1.29 is 44.9 Å². The van der Waals surface area contributed by atoms with Crippen molar-refractivity contribution in [2.75, 3.05) is 13.2 Å². The molecule has 1 saturated heterocycles. The lowest BCUT2D eigenvalue weighted by Gasteiger charge is -2.29. The molecule has 0 unspecified atom stereocenters. The van der Waals surface area contributed by atoms with E-state index in [9.17, 15) is 26.3 Å². The zero-order chi connectivity index (χ0) is 31.6. The maximum atomic E-state index is 15.1. The van der Waals surface area contributed by atoms with Gasteiger partial charge in [0.25, 0.3) is 0 Å². The van der Waals surface area contributed by atoms with E-state index in [-0.39, 0.29) is 33.2 Å². The third-order valence-electron chi connectivity index (χ3n) is 7.07. The van der Waals surface area contributed by atoms with Crippen LogP contribution in [0.5, 0.6) is 5.75 Å². The molecule has 4 aromatic carbocycles. The average molecular weight is 637 g/mol. The topological polar surface area (TPSA) is 27.7 Å². The molecule has 0 amide bonds. The Bertz CT molecular complexity index is 1660. The average Bonchev–Trinajstić information content (AvgIpc) is 2.97. The Balaban J connectivity index is 1.33. The van der Waals surface area contributed by atoms with Gasteiger partial charge in [-0.2, -0.15) is 8.78 Å². The van der Waals surface area contributed by atoms with Gasteiger partial charge in [0.15, 0.2) is 6.29 Å². The van der Waals surface area contributed by atoms with E-state index >= 15 is 4.39 Å². The van der Waals surface area contributed by atoms with E-state index in [1.54, 1.807) is 6.08 Å². The zero-order valence-electron chi connectivity index (χ0n) is 22.9. The van der Waals surface area contributed by atoms with Gasteiger partial charge in [0, 0.05) is 28.7 Å². The first-order valence-corrected chi connectivity index (χ1v) is 13.8. The number of rotatable bonds is 9. The molecule has 3 nitrogen and oxygen atoms in total. The highest BCUT2D eigenvalue weighted by Gasteiger charge is 2.41. The maximum absolute atomic E-state index is 15.1. The molecule has 1 aliphatic heterocycles. The Morgan fingerprint density at radius 3 is 2.00 bits per heavy atom. The molecule has 1 fully saturated rings. The predicted octanol–water partition coefficient (Wildman–Crippen LogP) is 10.1. The Kier molecular flexibility index (Phi) is 9.34. The van der Waals surface area contributed by atoms with Gasteiger partial charge in [-0.3, -0.25) is 0 Å². The van der Waals surface area contributed by atoms with Crippen LogP contribution in [0.15, 0.2) is 79.4 Å². The van der Waals surface area contributed by atoms with E-state index in [2.05, 4.69) is 11.3 Å². The van der Waals surface area contributed by atoms with Crippen LogP contribution in [0.3, 0.4) is 0 Å². The fourth-order valence-electron chi connectivity index (χ4n) is 4.83. The Hall–Kier alpha value is -3.86. The van der Waals surface area contributed by atoms with Gasteiger partial charge in [0.05, 0.1) is 18.2 Å². The zero-order valence-corrected chi connectivity index (χ0v) is 23.6. The van der Waals surface area contributed by atoms with Crippen molar-refractivity contribution in [1.29, 1.82) is 0 Å². The smallest absolute Gasteiger partial charge is 0.429 e. The van der Waals surface area contributed by atoms with E-state index in [0.717, 1.165) is 37.1 Å². The largest absolute Gasteiger partial charge is 0.432 e. The van der Waals surface area contributed by atoms with Gasteiger partial charge in [0.1, 0.15) is 40.4 Å². The normalized spacial score (nSPS) is 17.0. The summed E-state index contributed by atoms with van der Waals surface area (Å²) in [5.74, 6) is -6.78. The van der Waals surface area contributed by atoms with E-state index in [4.69, 9.17) is 21.1 Å². The van der Waals surface area contributed by atoms with E-state index in [1.165, 1.54) is 24.3 Å². The molecule has 0 N–H and O–H groups in total. The lowest BCUT2D eigenvalue weighted by atomic mass is 9.99. The number of alkyl halides is 2. The second-order valence-corrected chi connectivity index (χ2v) is 10.6. The van der Waals surface area contributed by atoms with Crippen LogP contribution in [0.25, 0.3) is 22.3 Å². The van der Waals surface area contributed by atoms with Gasteiger partial charge in [-0.15, -0.1) is 6.58 Å². The molecule has 0 aliphatic carbocycles. The van der Waals surface area contributed by atoms with Crippen molar-refractivity contribution in [2.45, 2.75) is 25.2 Å². The minimum absolute atomic E-state index is 0.0716. The monoisotopic (exact) mass is 636 g/mol. The highest BCUT2D eigenvalue weighted by molar-refractivity contribution is 6.30. The van der Waals surface area contributed by atoms with Gasteiger partial charge in [-0.25, -0.2) is 22.0 Å². The molecule has 0 atom stereocenters. The Labute approximate surface area is 253 Å². The van der Waals surface area contributed by atoms with E-state index in [0.29, 0.717) is 37.0 Å². The van der Waals surface area contributed by atoms with Crippen molar-refractivity contribution in [3.63, 3.8) is 0 Å². The lowest BCUT2D eigenvalue weighted by molar-refractivity contribution is -0.205. The molecule has 44 heavy (non-hydrogen) atoms. The summed E-state index contributed by atoms with van der Waals surface area (Å²) in [4.78, 5) is 0. The van der Waals surface area contributed by atoms with Crippen molar-refractivity contribution in [1.82, 2.24) is 0 Å². The SMILES string of the molecule is C=CCCC1COC(c2ccc(-c3cc(F)c(C(F)(F)Oc4ccc(-c5ccc(Cl)c(F)c5)c(F)c4)c(F)c3)c(F)c2)OC1. The van der Waals surface area contributed by atoms with Crippen LogP contribution in [0.2, 0.25) is 5.02 Å². The molecule has 0 aromatic heterocycles. The van der Waals surface area contributed by atoms with Crippen molar-refractivity contribution in [3.05, 3.63) is 125 Å². The number of benzene rings is 4. The standard InChI is InChI=1S/C33H24ClF7O3/c1-2-3-4-18-16-42-32(43-17-18)20-5-8-24(26(35)12-20)21-13-29(38)31(30(39)14-21)33(40,41)44-22-7-9-23(27(36)15-22)19-6-10-25(34)28(37)11-19/h2,5-15,18,32H,1,3-4,16-17H2. The predicted molar refractivity (Wildman–Crippen MR) is 151 cm³/mol. The third-order valence-corrected chi connectivity index (χ3v) is 7.38. The minimum atomic E-state index is -4.59. The van der Waals surface area contributed by atoms with Crippen LogP contribution in [0.1, 0.15) is 30.3 Å². The summed E-state index contributed by atoms with van der Waals surface area (Å²) >= 11 is 5.63. The first kappa shape index (κ1) is 31.6. The summed E-state index contributed by atoms with van der Waals surface area (Å²) in [6, 6.07) is 10.9. The van der Waals surface area contributed by atoms with E-state index in [1.807, 2.05) is 0 Å². The molecular weight excluding hydrogens is 613 g/mol. The van der Waals surface area contributed by atoms with Crippen LogP contribution in [-0.4, -0.2) is 13.2 Å². The summed E-state index contributed by atoms with van der Waals surface area (Å²) in [6.45, 7) is 4.47. The number of ether oxygens (including phenoxy) is 3. The number of allylic oxidation sites excluding steroid dienone is 1. The van der Waals surface area contributed by atoms with Crippen LogP contribution in [0.4, 0.5) is 30.7 Å². The molecule has 230 valence electrons. The summed E-state index contributed by atoms with van der Waals surface area (Å²) in [7, 11) is 0. The van der Waals surface area contributed by atoms with Crippen molar-refractivity contribution >= 4 is 11.6 Å². The number of halogens is 8. The molecule has 1 aliphatic rings. The lowest BCUT2D eigenvalue weighted by Crippen LogP contribution is -2.27. The summed E-state index contributed by atoms with van der Waals surface area (Å²) in [6.07, 6.45) is -2.00. The van der Waals surface area contributed by atoms with Gasteiger partial charge in [0.2, 0.25) is 0 Å². The Morgan fingerprint density at radius 2 is 1.39 bits per heavy atom. The number of hydrogen-bond acceptors (Lipinski definition) is 3. The van der Waals surface area contributed by atoms with Crippen LogP contribution in [0, 0.1) is 35.0 Å². The molecule has 5 rings (SSSR count). The maximum Gasteiger partial charge on any atom is 0.432 e. The molecule has 1 heterocycles. The van der Waals surface area contributed by atoms with E-state index < -0.39 is 52.8 Å². The van der Waals surface area contributed by atoms with Gasteiger partial charge in [-0.05, 0) is 66.4 Å². The molecular formula is C33H24ClF7O3. The first-order valence-electron chi connectivity index (χ1n) is 13.4. The molecule has 11 heteroatoms. The second-order valence-electron chi connectivity index (χ2n) is 10.2. The highest BCUT2D eigenvalue weighted by atomic mass is 35.5. The second kappa shape index (κ2) is 13.0. The van der Waals surface area contributed by atoms with Gasteiger partial charge >= 0.3 is 6.11 Å². The summed E-state index contributed by atoms with van der Waals surface area (Å²) < 4.78 is 119.